The summed E-state index contributed by atoms with van der Waals surface area (Å²) in [6.45, 7) is 3.87. The van der Waals surface area contributed by atoms with Crippen LogP contribution in [0.5, 0.6) is 0 Å². The zero-order valence-electron chi connectivity index (χ0n) is 9.36. The third kappa shape index (κ3) is 3.08. The van der Waals surface area contributed by atoms with E-state index in [-0.39, 0.29) is 6.42 Å². The van der Waals surface area contributed by atoms with E-state index >= 15 is 0 Å². The summed E-state index contributed by atoms with van der Waals surface area (Å²) in [6.07, 6.45) is 0.426. The molecule has 0 aliphatic carbocycles. The smallest absolute Gasteiger partial charge is 0.305 e. The molecule has 0 fully saturated rings. The third-order valence-electron chi connectivity index (χ3n) is 2.45. The Hall–Kier alpha value is -1.84. The summed E-state index contributed by atoms with van der Waals surface area (Å²) in [5.74, 6) is -0.931. The minimum absolute atomic E-state index is 0.108. The number of benzene rings is 1. The predicted octanol–water partition coefficient (Wildman–Crippen LogP) is 1.57. The molecule has 0 aromatic heterocycles. The number of amides is 1. The lowest BCUT2D eigenvalue weighted by Gasteiger charge is -2.17. The Morgan fingerprint density at radius 3 is 2.69 bits per heavy atom. The van der Waals surface area contributed by atoms with Crippen molar-refractivity contribution >= 4 is 12.4 Å². The lowest BCUT2D eigenvalue weighted by Crippen LogP contribution is -2.23. The number of carboxylic acids is 1. The monoisotopic (exact) mass is 221 g/mol. The number of carbonyl (C=O) groups is 2. The van der Waals surface area contributed by atoms with Crippen LogP contribution in [0.15, 0.2) is 18.2 Å². The van der Waals surface area contributed by atoms with Crippen LogP contribution in [0.4, 0.5) is 0 Å². The molecule has 0 aliphatic rings. The highest BCUT2D eigenvalue weighted by Crippen LogP contribution is 2.21. The van der Waals surface area contributed by atoms with Crippen molar-refractivity contribution in [3.8, 4) is 0 Å². The number of carbonyl (C=O) groups excluding carboxylic acids is 1. The molecule has 4 heteroatoms. The van der Waals surface area contributed by atoms with Gasteiger partial charge in [0.25, 0.3) is 0 Å². The first-order chi connectivity index (χ1) is 7.54. The number of carboxylic acid groups (broad SMARTS) is 1. The summed E-state index contributed by atoms with van der Waals surface area (Å²) in [5.41, 5.74) is 2.95. The fourth-order valence-corrected chi connectivity index (χ4v) is 1.73. The van der Waals surface area contributed by atoms with Gasteiger partial charge in [0.15, 0.2) is 0 Å². The highest BCUT2D eigenvalue weighted by molar-refractivity contribution is 5.68. The second-order valence-corrected chi connectivity index (χ2v) is 3.80. The van der Waals surface area contributed by atoms with E-state index in [0.29, 0.717) is 6.41 Å². The van der Waals surface area contributed by atoms with E-state index in [1.807, 2.05) is 32.0 Å². The quantitative estimate of drug-likeness (QED) is 0.741. The minimum atomic E-state index is -0.931. The number of hydrogen-bond acceptors (Lipinski definition) is 2. The Kier molecular flexibility index (Phi) is 4.05. The summed E-state index contributed by atoms with van der Waals surface area (Å²) >= 11 is 0. The summed E-state index contributed by atoms with van der Waals surface area (Å²) in [4.78, 5) is 21.1. The normalized spacial score (nSPS) is 11.9. The van der Waals surface area contributed by atoms with Crippen LogP contribution >= 0.6 is 0 Å². The van der Waals surface area contributed by atoms with Crippen molar-refractivity contribution in [2.24, 2.45) is 0 Å². The molecule has 0 radical (unpaired) electrons. The second-order valence-electron chi connectivity index (χ2n) is 3.80. The topological polar surface area (TPSA) is 66.4 Å². The van der Waals surface area contributed by atoms with Gasteiger partial charge in [-0.25, -0.2) is 0 Å². The fraction of sp³-hybridized carbons (Fsp3) is 0.333. The van der Waals surface area contributed by atoms with E-state index in [4.69, 9.17) is 5.11 Å². The molecule has 1 rings (SSSR count). The van der Waals surface area contributed by atoms with Gasteiger partial charge in [-0.1, -0.05) is 23.8 Å². The standard InChI is InChI=1S/C12H15NO3/c1-8-3-4-10(9(2)5-8)11(13-7-14)6-12(15)16/h3-5,7,11H,6H2,1-2H3,(H,13,14)(H,15,16). The van der Waals surface area contributed by atoms with Crippen LogP contribution in [0, 0.1) is 13.8 Å². The van der Waals surface area contributed by atoms with Gasteiger partial charge in [-0.05, 0) is 25.0 Å². The van der Waals surface area contributed by atoms with E-state index in [2.05, 4.69) is 5.32 Å². The Bertz CT molecular complexity index is 401. The highest BCUT2D eigenvalue weighted by Gasteiger charge is 2.16. The average Bonchev–Trinajstić information content (AvgIpc) is 2.16. The Labute approximate surface area is 94.3 Å². The fourth-order valence-electron chi connectivity index (χ4n) is 1.73. The van der Waals surface area contributed by atoms with Crippen LogP contribution < -0.4 is 5.32 Å². The van der Waals surface area contributed by atoms with Gasteiger partial charge in [-0.15, -0.1) is 0 Å². The number of hydrogen-bond donors (Lipinski definition) is 2. The predicted molar refractivity (Wildman–Crippen MR) is 60.1 cm³/mol. The minimum Gasteiger partial charge on any atom is -0.481 e. The van der Waals surface area contributed by atoms with Gasteiger partial charge in [0.05, 0.1) is 12.5 Å². The SMILES string of the molecule is Cc1ccc(C(CC(=O)O)NC=O)c(C)c1. The molecule has 1 aromatic rings. The van der Waals surface area contributed by atoms with Gasteiger partial charge in [0.2, 0.25) is 6.41 Å². The molecule has 0 bridgehead atoms. The van der Waals surface area contributed by atoms with Crippen molar-refractivity contribution in [2.45, 2.75) is 26.3 Å². The molecule has 1 unspecified atom stereocenters. The van der Waals surface area contributed by atoms with Crippen molar-refractivity contribution in [3.63, 3.8) is 0 Å². The van der Waals surface area contributed by atoms with Crippen LogP contribution in [0.2, 0.25) is 0 Å². The average molecular weight is 221 g/mol. The van der Waals surface area contributed by atoms with Gasteiger partial charge in [-0.2, -0.15) is 0 Å². The van der Waals surface area contributed by atoms with Crippen LogP contribution in [0.1, 0.15) is 29.2 Å². The second kappa shape index (κ2) is 5.30. The molecule has 0 saturated heterocycles. The molecule has 0 aliphatic heterocycles. The van der Waals surface area contributed by atoms with Crippen molar-refractivity contribution in [2.75, 3.05) is 0 Å². The van der Waals surface area contributed by atoms with Gasteiger partial charge in [0, 0.05) is 0 Å². The summed E-state index contributed by atoms with van der Waals surface area (Å²) in [6, 6.07) is 5.27. The molecular weight excluding hydrogens is 206 g/mol. The molecule has 0 saturated carbocycles. The van der Waals surface area contributed by atoms with E-state index in [0.717, 1.165) is 16.7 Å². The molecule has 16 heavy (non-hydrogen) atoms. The van der Waals surface area contributed by atoms with E-state index in [9.17, 15) is 9.59 Å². The largest absolute Gasteiger partial charge is 0.481 e. The molecule has 86 valence electrons. The van der Waals surface area contributed by atoms with Gasteiger partial charge in [0.1, 0.15) is 0 Å². The molecule has 1 aromatic carbocycles. The first kappa shape index (κ1) is 12.2. The zero-order valence-corrected chi connectivity index (χ0v) is 9.36. The van der Waals surface area contributed by atoms with Crippen LogP contribution in [0.25, 0.3) is 0 Å². The number of aliphatic carboxylic acids is 1. The van der Waals surface area contributed by atoms with Crippen LogP contribution in [-0.4, -0.2) is 17.5 Å². The molecular formula is C12H15NO3. The molecule has 0 heterocycles. The number of nitrogens with one attached hydrogen (secondary N) is 1. The maximum absolute atomic E-state index is 10.7. The maximum Gasteiger partial charge on any atom is 0.305 e. The molecule has 1 atom stereocenters. The van der Waals surface area contributed by atoms with Crippen molar-refractivity contribution in [3.05, 3.63) is 34.9 Å². The highest BCUT2D eigenvalue weighted by atomic mass is 16.4. The Morgan fingerprint density at radius 2 is 2.19 bits per heavy atom. The Balaban J connectivity index is 3.00. The van der Waals surface area contributed by atoms with E-state index in [1.54, 1.807) is 0 Å². The van der Waals surface area contributed by atoms with Crippen molar-refractivity contribution in [1.29, 1.82) is 0 Å². The lowest BCUT2D eigenvalue weighted by atomic mass is 9.97. The summed E-state index contributed by atoms with van der Waals surface area (Å²) in [7, 11) is 0. The van der Waals surface area contributed by atoms with Gasteiger partial charge >= 0.3 is 5.97 Å². The maximum atomic E-state index is 10.7. The van der Waals surface area contributed by atoms with E-state index < -0.39 is 12.0 Å². The number of aryl methyl sites for hydroxylation is 2. The molecule has 4 nitrogen and oxygen atoms in total. The third-order valence-corrected chi connectivity index (χ3v) is 2.45. The van der Waals surface area contributed by atoms with Gasteiger partial charge < -0.3 is 10.4 Å². The lowest BCUT2D eigenvalue weighted by molar-refractivity contribution is -0.137. The first-order valence-corrected chi connectivity index (χ1v) is 5.03. The molecule has 1 amide bonds. The first-order valence-electron chi connectivity index (χ1n) is 5.03. The molecule has 0 spiro atoms. The van der Waals surface area contributed by atoms with Gasteiger partial charge in [-0.3, -0.25) is 9.59 Å². The van der Waals surface area contributed by atoms with Crippen LogP contribution in [0.3, 0.4) is 0 Å². The Morgan fingerprint density at radius 1 is 1.50 bits per heavy atom. The van der Waals surface area contributed by atoms with Crippen molar-refractivity contribution < 1.29 is 14.7 Å². The zero-order chi connectivity index (χ0) is 12.1. The number of rotatable bonds is 5. The van der Waals surface area contributed by atoms with E-state index in [1.165, 1.54) is 0 Å². The molecule has 2 N–H and O–H groups in total. The summed E-state index contributed by atoms with van der Waals surface area (Å²) < 4.78 is 0. The van der Waals surface area contributed by atoms with Crippen molar-refractivity contribution in [1.82, 2.24) is 5.32 Å². The summed E-state index contributed by atoms with van der Waals surface area (Å²) in [5, 5.41) is 11.3. The van der Waals surface area contributed by atoms with Crippen LogP contribution in [-0.2, 0) is 9.59 Å².